The number of likely N-dealkylation sites (tertiary alicyclic amines) is 1. The Morgan fingerprint density at radius 1 is 1.11 bits per heavy atom. The van der Waals surface area contributed by atoms with Crippen LogP contribution in [0.1, 0.15) is 50.9 Å². The van der Waals surface area contributed by atoms with E-state index in [1.807, 2.05) is 18.7 Å². The van der Waals surface area contributed by atoms with Gasteiger partial charge in [0.1, 0.15) is 0 Å². The summed E-state index contributed by atoms with van der Waals surface area (Å²) in [5.41, 5.74) is 0.546. The van der Waals surface area contributed by atoms with E-state index in [4.69, 9.17) is 4.74 Å². The molecule has 3 unspecified atom stereocenters. The van der Waals surface area contributed by atoms with Gasteiger partial charge in [0.15, 0.2) is 0 Å². The van der Waals surface area contributed by atoms with Gasteiger partial charge < -0.3 is 9.64 Å². The van der Waals surface area contributed by atoms with Crippen LogP contribution in [0.3, 0.4) is 0 Å². The van der Waals surface area contributed by atoms with Crippen LogP contribution in [0.2, 0.25) is 0 Å². The molecule has 0 saturated carbocycles. The van der Waals surface area contributed by atoms with Crippen molar-refractivity contribution >= 4 is 15.9 Å². The molecular formula is C20H30N2O4S. The maximum atomic E-state index is 12.9. The molecule has 0 bridgehead atoms. The quantitative estimate of drug-likeness (QED) is 0.788. The summed E-state index contributed by atoms with van der Waals surface area (Å²) in [6.07, 6.45) is 1.79. The van der Waals surface area contributed by atoms with Crippen LogP contribution in [-0.2, 0) is 14.8 Å². The fraction of sp³-hybridized carbons (Fsp3) is 0.650. The molecule has 2 aliphatic heterocycles. The number of amides is 1. The molecule has 7 heteroatoms. The van der Waals surface area contributed by atoms with Crippen LogP contribution in [-0.4, -0.2) is 61.4 Å². The van der Waals surface area contributed by atoms with E-state index in [1.165, 1.54) is 4.31 Å². The molecule has 0 spiro atoms. The molecule has 0 radical (unpaired) electrons. The van der Waals surface area contributed by atoms with Crippen LogP contribution in [0.4, 0.5) is 0 Å². The Bertz CT molecular complexity index is 766. The van der Waals surface area contributed by atoms with E-state index in [0.717, 1.165) is 19.4 Å². The highest BCUT2D eigenvalue weighted by Crippen LogP contribution is 2.26. The molecular weight excluding hydrogens is 364 g/mol. The van der Waals surface area contributed by atoms with Gasteiger partial charge >= 0.3 is 0 Å². The van der Waals surface area contributed by atoms with Crippen molar-refractivity contribution in [1.82, 2.24) is 9.21 Å². The summed E-state index contributed by atoms with van der Waals surface area (Å²) in [5, 5.41) is 0. The van der Waals surface area contributed by atoms with Gasteiger partial charge in [0.2, 0.25) is 10.0 Å². The van der Waals surface area contributed by atoms with Crippen molar-refractivity contribution in [3.8, 4) is 0 Å². The Labute approximate surface area is 162 Å². The van der Waals surface area contributed by atoms with Crippen molar-refractivity contribution in [2.45, 2.75) is 63.7 Å². The fourth-order valence-electron chi connectivity index (χ4n) is 4.15. The van der Waals surface area contributed by atoms with Crippen LogP contribution in [0.15, 0.2) is 29.2 Å². The Morgan fingerprint density at radius 3 is 2.26 bits per heavy atom. The average Bonchev–Trinajstić information content (AvgIpc) is 3.10. The molecule has 2 fully saturated rings. The molecule has 2 saturated heterocycles. The molecule has 0 N–H and O–H groups in total. The van der Waals surface area contributed by atoms with Crippen LogP contribution in [0.5, 0.6) is 0 Å². The van der Waals surface area contributed by atoms with E-state index in [0.29, 0.717) is 24.6 Å². The summed E-state index contributed by atoms with van der Waals surface area (Å²) < 4.78 is 33.0. The second-order valence-electron chi connectivity index (χ2n) is 8.06. The topological polar surface area (TPSA) is 66.9 Å². The molecule has 6 nitrogen and oxygen atoms in total. The van der Waals surface area contributed by atoms with Gasteiger partial charge in [-0.2, -0.15) is 4.31 Å². The Hall–Kier alpha value is -1.44. The van der Waals surface area contributed by atoms with E-state index in [-0.39, 0.29) is 29.1 Å². The van der Waals surface area contributed by atoms with E-state index in [9.17, 15) is 13.2 Å². The van der Waals surface area contributed by atoms with Crippen LogP contribution < -0.4 is 0 Å². The predicted molar refractivity (Wildman–Crippen MR) is 104 cm³/mol. The van der Waals surface area contributed by atoms with E-state index >= 15 is 0 Å². The molecule has 27 heavy (non-hydrogen) atoms. The molecule has 3 atom stereocenters. The minimum absolute atomic E-state index is 0.0104. The Balaban J connectivity index is 1.77. The number of hydrogen-bond acceptors (Lipinski definition) is 4. The molecule has 0 aromatic heterocycles. The molecule has 1 amide bonds. The Kier molecular flexibility index (Phi) is 5.93. The number of rotatable bonds is 4. The van der Waals surface area contributed by atoms with Crippen molar-refractivity contribution < 1.29 is 17.9 Å². The largest absolute Gasteiger partial charge is 0.373 e. The number of morpholine rings is 1. The highest BCUT2D eigenvalue weighted by atomic mass is 32.2. The van der Waals surface area contributed by atoms with Crippen molar-refractivity contribution in [2.24, 2.45) is 5.92 Å². The van der Waals surface area contributed by atoms with Gasteiger partial charge in [0.25, 0.3) is 5.91 Å². The van der Waals surface area contributed by atoms with E-state index in [2.05, 4.69) is 13.8 Å². The lowest BCUT2D eigenvalue weighted by atomic mass is 10.0. The maximum absolute atomic E-state index is 12.9. The van der Waals surface area contributed by atoms with Crippen molar-refractivity contribution in [1.29, 1.82) is 0 Å². The Morgan fingerprint density at radius 2 is 1.70 bits per heavy atom. The highest BCUT2D eigenvalue weighted by molar-refractivity contribution is 7.89. The third-order valence-corrected chi connectivity index (χ3v) is 7.30. The third-order valence-electron chi connectivity index (χ3n) is 5.45. The third kappa shape index (κ3) is 4.20. The number of sulfonamides is 1. The zero-order valence-corrected chi connectivity index (χ0v) is 17.4. The number of benzene rings is 1. The minimum atomic E-state index is -3.59. The summed E-state index contributed by atoms with van der Waals surface area (Å²) in [6, 6.07) is 6.63. The van der Waals surface area contributed by atoms with Crippen molar-refractivity contribution in [3.05, 3.63) is 29.8 Å². The zero-order chi connectivity index (χ0) is 19.8. The van der Waals surface area contributed by atoms with E-state index in [1.54, 1.807) is 24.3 Å². The van der Waals surface area contributed by atoms with Gasteiger partial charge in [-0.25, -0.2) is 8.42 Å². The first kappa shape index (κ1) is 20.3. The number of carbonyl (C=O) groups excluding carboxylic acids is 1. The van der Waals surface area contributed by atoms with Crippen molar-refractivity contribution in [2.75, 3.05) is 19.6 Å². The van der Waals surface area contributed by atoms with Gasteiger partial charge in [0, 0.05) is 31.2 Å². The van der Waals surface area contributed by atoms with Crippen LogP contribution >= 0.6 is 0 Å². The summed E-state index contributed by atoms with van der Waals surface area (Å²) >= 11 is 0. The summed E-state index contributed by atoms with van der Waals surface area (Å²) in [5.74, 6) is 0.408. The second kappa shape index (κ2) is 7.89. The maximum Gasteiger partial charge on any atom is 0.254 e. The normalized spacial score (nSPS) is 27.3. The first-order chi connectivity index (χ1) is 12.7. The number of nitrogens with zero attached hydrogens (tertiary/aromatic N) is 2. The molecule has 1 aromatic carbocycles. The molecule has 150 valence electrons. The average molecular weight is 395 g/mol. The lowest BCUT2D eigenvalue weighted by molar-refractivity contribution is -0.0440. The van der Waals surface area contributed by atoms with Gasteiger partial charge in [-0.1, -0.05) is 13.8 Å². The van der Waals surface area contributed by atoms with Gasteiger partial charge in [-0.15, -0.1) is 0 Å². The SMILES string of the molecule is CC1CN(S(=O)(=O)c2ccc(C(=O)N3CCCC3C(C)C)cc2)CC(C)O1. The fourth-order valence-corrected chi connectivity index (χ4v) is 5.74. The summed E-state index contributed by atoms with van der Waals surface area (Å²) in [4.78, 5) is 15.0. The molecule has 0 aliphatic carbocycles. The second-order valence-corrected chi connectivity index (χ2v) is 9.99. The first-order valence-corrected chi connectivity index (χ1v) is 11.2. The molecule has 2 heterocycles. The first-order valence-electron chi connectivity index (χ1n) is 9.76. The number of ether oxygens (including phenoxy) is 1. The summed E-state index contributed by atoms with van der Waals surface area (Å²) in [7, 11) is -3.59. The molecule has 2 aliphatic rings. The predicted octanol–water partition coefficient (Wildman–Crippen LogP) is 2.75. The molecule has 1 aromatic rings. The summed E-state index contributed by atoms with van der Waals surface area (Å²) in [6.45, 7) is 9.48. The standard InChI is InChI=1S/C20H30N2O4S/c1-14(2)19-6-5-11-22(19)20(23)17-7-9-18(10-8-17)27(24,25)21-12-15(3)26-16(4)13-21/h7-10,14-16,19H,5-6,11-13H2,1-4H3. The number of carbonyl (C=O) groups is 1. The van der Waals surface area contributed by atoms with Crippen LogP contribution in [0, 0.1) is 5.92 Å². The zero-order valence-electron chi connectivity index (χ0n) is 16.6. The molecule has 3 rings (SSSR count). The smallest absolute Gasteiger partial charge is 0.254 e. The van der Waals surface area contributed by atoms with Crippen LogP contribution in [0.25, 0.3) is 0 Å². The monoisotopic (exact) mass is 394 g/mol. The number of hydrogen-bond donors (Lipinski definition) is 0. The highest BCUT2D eigenvalue weighted by Gasteiger charge is 2.33. The minimum Gasteiger partial charge on any atom is -0.373 e. The lowest BCUT2D eigenvalue weighted by Crippen LogP contribution is -2.48. The van der Waals surface area contributed by atoms with Gasteiger partial charge in [-0.3, -0.25) is 4.79 Å². The van der Waals surface area contributed by atoms with Gasteiger partial charge in [-0.05, 0) is 56.9 Å². The van der Waals surface area contributed by atoms with E-state index < -0.39 is 10.0 Å². The lowest BCUT2D eigenvalue weighted by Gasteiger charge is -2.34. The van der Waals surface area contributed by atoms with Gasteiger partial charge in [0.05, 0.1) is 17.1 Å². The van der Waals surface area contributed by atoms with Crippen molar-refractivity contribution in [3.63, 3.8) is 0 Å².